The van der Waals surface area contributed by atoms with E-state index in [1.165, 1.54) is 25.9 Å². The van der Waals surface area contributed by atoms with Gasteiger partial charge in [0.1, 0.15) is 10.6 Å². The Balaban J connectivity index is 1.70. The predicted molar refractivity (Wildman–Crippen MR) is 79.4 cm³/mol. The van der Waals surface area contributed by atoms with E-state index in [2.05, 4.69) is 25.6 Å². The van der Waals surface area contributed by atoms with Crippen molar-refractivity contribution >= 4 is 33.3 Å². The summed E-state index contributed by atoms with van der Waals surface area (Å²) in [5.41, 5.74) is 2.51. The molecule has 0 radical (unpaired) electrons. The Morgan fingerprint density at radius 2 is 2.16 bits per heavy atom. The minimum Gasteiger partial charge on any atom is -0.368 e. The zero-order chi connectivity index (χ0) is 13.1. The van der Waals surface area contributed by atoms with Crippen LogP contribution in [0.1, 0.15) is 12.8 Å². The molecule has 3 rings (SSSR count). The van der Waals surface area contributed by atoms with Gasteiger partial charge in [0.25, 0.3) is 0 Å². The molecular weight excluding hydrogens is 260 g/mol. The van der Waals surface area contributed by atoms with Crippen LogP contribution in [0.15, 0.2) is 11.4 Å². The van der Waals surface area contributed by atoms with Gasteiger partial charge in [0, 0.05) is 13.1 Å². The van der Waals surface area contributed by atoms with Gasteiger partial charge in [-0.15, -0.1) is 11.3 Å². The van der Waals surface area contributed by atoms with Gasteiger partial charge in [-0.05, 0) is 37.4 Å². The van der Waals surface area contributed by atoms with Crippen molar-refractivity contribution in [2.45, 2.75) is 12.8 Å². The minimum atomic E-state index is 0.457. The molecule has 0 spiro atoms. The fraction of sp³-hybridized carbons (Fsp3) is 0.500. The second-order valence-corrected chi connectivity index (χ2v) is 5.55. The average molecular weight is 278 g/mol. The molecule has 19 heavy (non-hydrogen) atoms. The molecule has 6 nitrogen and oxygen atoms in total. The number of hydrogen-bond acceptors (Lipinski definition) is 7. The lowest BCUT2D eigenvalue weighted by molar-refractivity contribution is 0.352. The number of nitrogens with zero attached hydrogens (tertiary/aromatic N) is 3. The Kier molecular flexibility index (Phi) is 3.77. The number of fused-ring (bicyclic) bond motifs is 1. The number of aromatic nitrogens is 2. The Morgan fingerprint density at radius 1 is 1.32 bits per heavy atom. The maximum absolute atomic E-state index is 5.40. The first-order valence-corrected chi connectivity index (χ1v) is 7.43. The maximum Gasteiger partial charge on any atom is 0.240 e. The molecule has 0 unspecified atom stereocenters. The van der Waals surface area contributed by atoms with Gasteiger partial charge in [0.15, 0.2) is 0 Å². The lowest BCUT2D eigenvalue weighted by Gasteiger charge is -2.15. The van der Waals surface area contributed by atoms with Gasteiger partial charge < -0.3 is 10.2 Å². The predicted octanol–water partition coefficient (Wildman–Crippen LogP) is 1.48. The molecule has 1 fully saturated rings. The van der Waals surface area contributed by atoms with E-state index in [-0.39, 0.29) is 0 Å². The van der Waals surface area contributed by atoms with Crippen LogP contribution < -0.4 is 16.6 Å². The molecule has 0 aliphatic carbocycles. The van der Waals surface area contributed by atoms with E-state index in [0.717, 1.165) is 29.1 Å². The van der Waals surface area contributed by atoms with Crippen LogP contribution >= 0.6 is 11.3 Å². The summed E-state index contributed by atoms with van der Waals surface area (Å²) in [5.74, 6) is 6.72. The van der Waals surface area contributed by atoms with E-state index in [1.54, 1.807) is 11.3 Å². The van der Waals surface area contributed by atoms with Gasteiger partial charge >= 0.3 is 0 Å². The van der Waals surface area contributed by atoms with Crippen LogP contribution in [0.5, 0.6) is 0 Å². The third-order valence-corrected chi connectivity index (χ3v) is 4.18. The SMILES string of the molecule is NNc1nc(NCCN2CCCC2)c2ccsc2n1. The molecule has 2 aromatic heterocycles. The second-order valence-electron chi connectivity index (χ2n) is 4.66. The van der Waals surface area contributed by atoms with Crippen molar-refractivity contribution in [1.29, 1.82) is 0 Å². The fourth-order valence-corrected chi connectivity index (χ4v) is 3.16. The molecule has 7 heteroatoms. The lowest BCUT2D eigenvalue weighted by Crippen LogP contribution is -2.26. The van der Waals surface area contributed by atoms with Crippen molar-refractivity contribution in [1.82, 2.24) is 14.9 Å². The molecule has 1 saturated heterocycles. The zero-order valence-electron chi connectivity index (χ0n) is 10.7. The number of nitrogen functional groups attached to an aromatic ring is 1. The number of anilines is 2. The Hall–Kier alpha value is -1.44. The highest BCUT2D eigenvalue weighted by Crippen LogP contribution is 2.26. The molecular formula is C12H18N6S. The van der Waals surface area contributed by atoms with Crippen molar-refractivity contribution in [3.8, 4) is 0 Å². The van der Waals surface area contributed by atoms with E-state index in [1.807, 2.05) is 11.4 Å². The highest BCUT2D eigenvalue weighted by atomic mass is 32.1. The van der Waals surface area contributed by atoms with Crippen LogP contribution in [0.3, 0.4) is 0 Å². The zero-order valence-corrected chi connectivity index (χ0v) is 11.5. The Bertz CT molecular complexity index is 548. The van der Waals surface area contributed by atoms with Gasteiger partial charge in [-0.2, -0.15) is 4.98 Å². The van der Waals surface area contributed by atoms with E-state index in [9.17, 15) is 0 Å². The summed E-state index contributed by atoms with van der Waals surface area (Å²) < 4.78 is 0. The molecule has 1 aliphatic rings. The summed E-state index contributed by atoms with van der Waals surface area (Å²) >= 11 is 1.59. The molecule has 0 aromatic carbocycles. The summed E-state index contributed by atoms with van der Waals surface area (Å²) in [6, 6.07) is 2.04. The third-order valence-electron chi connectivity index (χ3n) is 3.37. The summed E-state index contributed by atoms with van der Waals surface area (Å²) in [5, 5.41) is 6.47. The van der Waals surface area contributed by atoms with Crippen LogP contribution in [0.2, 0.25) is 0 Å². The Morgan fingerprint density at radius 3 is 2.95 bits per heavy atom. The third kappa shape index (κ3) is 2.78. The molecule has 0 atom stereocenters. The number of nitrogens with one attached hydrogen (secondary N) is 2. The number of nitrogens with two attached hydrogens (primary N) is 1. The van der Waals surface area contributed by atoms with Gasteiger partial charge in [-0.25, -0.2) is 10.8 Å². The Labute approximate surface area is 116 Å². The van der Waals surface area contributed by atoms with Crippen molar-refractivity contribution in [2.75, 3.05) is 36.9 Å². The number of hydrazine groups is 1. The topological polar surface area (TPSA) is 79.1 Å². The molecule has 1 aliphatic heterocycles. The van der Waals surface area contributed by atoms with E-state index < -0.39 is 0 Å². The van der Waals surface area contributed by atoms with Gasteiger partial charge in [0.2, 0.25) is 5.95 Å². The monoisotopic (exact) mass is 278 g/mol. The molecule has 2 aromatic rings. The molecule has 4 N–H and O–H groups in total. The van der Waals surface area contributed by atoms with Crippen molar-refractivity contribution in [2.24, 2.45) is 5.84 Å². The normalized spacial score (nSPS) is 16.1. The average Bonchev–Trinajstić information content (AvgIpc) is 3.08. The van der Waals surface area contributed by atoms with E-state index in [4.69, 9.17) is 5.84 Å². The highest BCUT2D eigenvalue weighted by molar-refractivity contribution is 7.16. The van der Waals surface area contributed by atoms with Crippen LogP contribution in [0, 0.1) is 0 Å². The summed E-state index contributed by atoms with van der Waals surface area (Å²) in [6.07, 6.45) is 2.65. The molecule has 0 saturated carbocycles. The fourth-order valence-electron chi connectivity index (χ4n) is 2.39. The van der Waals surface area contributed by atoms with Gasteiger partial charge in [-0.3, -0.25) is 5.43 Å². The van der Waals surface area contributed by atoms with Crippen molar-refractivity contribution < 1.29 is 0 Å². The highest BCUT2D eigenvalue weighted by Gasteiger charge is 2.12. The summed E-state index contributed by atoms with van der Waals surface area (Å²) in [7, 11) is 0. The van der Waals surface area contributed by atoms with Crippen LogP contribution in [0.25, 0.3) is 10.2 Å². The number of likely N-dealkylation sites (tertiary alicyclic amines) is 1. The molecule has 0 amide bonds. The second kappa shape index (κ2) is 5.68. The van der Waals surface area contributed by atoms with Crippen molar-refractivity contribution in [3.05, 3.63) is 11.4 Å². The summed E-state index contributed by atoms with van der Waals surface area (Å²) in [4.78, 5) is 12.1. The van der Waals surface area contributed by atoms with E-state index >= 15 is 0 Å². The number of rotatable bonds is 5. The molecule has 0 bridgehead atoms. The molecule has 102 valence electrons. The van der Waals surface area contributed by atoms with E-state index in [0.29, 0.717) is 5.95 Å². The van der Waals surface area contributed by atoms with Crippen LogP contribution in [0.4, 0.5) is 11.8 Å². The lowest BCUT2D eigenvalue weighted by atomic mass is 10.3. The standard InChI is InChI=1S/C12H18N6S/c13-17-12-15-10(9-3-8-19-11(9)16-12)14-4-7-18-5-1-2-6-18/h3,8H,1-2,4-7,13H2,(H2,14,15,16,17). The molecule has 3 heterocycles. The van der Waals surface area contributed by atoms with Gasteiger partial charge in [0.05, 0.1) is 5.39 Å². The first kappa shape index (κ1) is 12.6. The first-order valence-electron chi connectivity index (χ1n) is 6.55. The van der Waals surface area contributed by atoms with Crippen molar-refractivity contribution in [3.63, 3.8) is 0 Å². The number of hydrogen-bond donors (Lipinski definition) is 3. The summed E-state index contributed by atoms with van der Waals surface area (Å²) in [6.45, 7) is 4.39. The maximum atomic E-state index is 5.40. The largest absolute Gasteiger partial charge is 0.368 e. The number of thiophene rings is 1. The minimum absolute atomic E-state index is 0.457. The quantitative estimate of drug-likeness (QED) is 0.568. The first-order chi connectivity index (χ1) is 9.36. The smallest absolute Gasteiger partial charge is 0.240 e. The van der Waals surface area contributed by atoms with Crippen LogP contribution in [-0.4, -0.2) is 41.0 Å². The van der Waals surface area contributed by atoms with Gasteiger partial charge in [-0.1, -0.05) is 0 Å². The van der Waals surface area contributed by atoms with Crippen LogP contribution in [-0.2, 0) is 0 Å².